The molecule has 1 nitrogen and oxygen atoms in total. The Morgan fingerprint density at radius 1 is 1.22 bits per heavy atom. The van der Waals surface area contributed by atoms with Crippen molar-refractivity contribution in [2.45, 2.75) is 44.6 Å². The standard InChI is InChI=1S/C16H21NS/c17-14(9-12-5-1-2-6-12)10-13-11-18-16-8-4-3-7-15(13)16/h3-4,7-8,11-12,14H,1-2,5-6,9-10,17H2. The summed E-state index contributed by atoms with van der Waals surface area (Å²) in [6.45, 7) is 0. The minimum Gasteiger partial charge on any atom is -0.327 e. The molecule has 1 aromatic heterocycles. The van der Waals surface area contributed by atoms with Crippen molar-refractivity contribution in [2.24, 2.45) is 11.7 Å². The summed E-state index contributed by atoms with van der Waals surface area (Å²) in [7, 11) is 0. The maximum absolute atomic E-state index is 6.34. The summed E-state index contributed by atoms with van der Waals surface area (Å²) in [5.74, 6) is 0.893. The zero-order chi connectivity index (χ0) is 12.4. The smallest absolute Gasteiger partial charge is 0.0345 e. The van der Waals surface area contributed by atoms with E-state index in [9.17, 15) is 0 Å². The summed E-state index contributed by atoms with van der Waals surface area (Å²) in [4.78, 5) is 0. The Labute approximate surface area is 113 Å². The second-order valence-corrected chi connectivity index (χ2v) is 6.52. The van der Waals surface area contributed by atoms with Crippen LogP contribution in [-0.4, -0.2) is 6.04 Å². The number of rotatable bonds is 4. The molecule has 1 unspecified atom stereocenters. The van der Waals surface area contributed by atoms with E-state index in [1.807, 2.05) is 11.3 Å². The molecule has 1 heterocycles. The maximum atomic E-state index is 6.34. The second-order valence-electron chi connectivity index (χ2n) is 5.61. The van der Waals surface area contributed by atoms with Gasteiger partial charge in [-0.3, -0.25) is 0 Å². The Bertz CT molecular complexity index is 511. The molecule has 0 saturated heterocycles. The lowest BCUT2D eigenvalue weighted by molar-refractivity contribution is 0.441. The van der Waals surface area contributed by atoms with Crippen LogP contribution in [0.4, 0.5) is 0 Å². The van der Waals surface area contributed by atoms with Crippen LogP contribution in [0.3, 0.4) is 0 Å². The molecule has 2 heteroatoms. The molecule has 2 N–H and O–H groups in total. The lowest BCUT2D eigenvalue weighted by Crippen LogP contribution is -2.25. The molecule has 1 atom stereocenters. The summed E-state index contributed by atoms with van der Waals surface area (Å²) < 4.78 is 1.39. The van der Waals surface area contributed by atoms with Crippen molar-refractivity contribution in [1.29, 1.82) is 0 Å². The van der Waals surface area contributed by atoms with Crippen LogP contribution in [0, 0.1) is 5.92 Å². The Balaban J connectivity index is 1.67. The van der Waals surface area contributed by atoms with Gasteiger partial charge < -0.3 is 5.73 Å². The lowest BCUT2D eigenvalue weighted by Gasteiger charge is -2.15. The van der Waals surface area contributed by atoms with E-state index in [0.717, 1.165) is 12.3 Å². The first kappa shape index (κ1) is 12.2. The highest BCUT2D eigenvalue weighted by Gasteiger charge is 2.18. The SMILES string of the molecule is NC(Cc1csc2ccccc12)CC1CCCC1. The number of benzene rings is 1. The number of hydrogen-bond acceptors (Lipinski definition) is 2. The van der Waals surface area contributed by atoms with Crippen molar-refractivity contribution in [1.82, 2.24) is 0 Å². The number of nitrogens with two attached hydrogens (primary N) is 1. The Hall–Kier alpha value is -0.860. The fraction of sp³-hybridized carbons (Fsp3) is 0.500. The third kappa shape index (κ3) is 2.60. The highest BCUT2D eigenvalue weighted by Crippen LogP contribution is 2.30. The van der Waals surface area contributed by atoms with Crippen LogP contribution in [0.5, 0.6) is 0 Å². The largest absolute Gasteiger partial charge is 0.327 e. The average molecular weight is 259 g/mol. The molecule has 0 bridgehead atoms. The normalized spacial score (nSPS) is 18.5. The molecule has 0 spiro atoms. The molecule has 18 heavy (non-hydrogen) atoms. The molecular weight excluding hydrogens is 238 g/mol. The predicted octanol–water partition coefficient (Wildman–Crippen LogP) is 4.35. The van der Waals surface area contributed by atoms with Crippen LogP contribution < -0.4 is 5.73 Å². The number of thiophene rings is 1. The van der Waals surface area contributed by atoms with Crippen LogP contribution in [0.25, 0.3) is 10.1 Å². The zero-order valence-corrected chi connectivity index (χ0v) is 11.6. The summed E-state index contributed by atoms with van der Waals surface area (Å²) in [6, 6.07) is 9.00. The van der Waals surface area contributed by atoms with Gasteiger partial charge in [0.05, 0.1) is 0 Å². The molecule has 1 aliphatic rings. The maximum Gasteiger partial charge on any atom is 0.0345 e. The van der Waals surface area contributed by atoms with Gasteiger partial charge in [0.2, 0.25) is 0 Å². The molecule has 3 rings (SSSR count). The van der Waals surface area contributed by atoms with Gasteiger partial charge in [-0.15, -0.1) is 11.3 Å². The summed E-state index contributed by atoms with van der Waals surface area (Å²) in [5, 5.41) is 3.70. The molecule has 0 aliphatic heterocycles. The predicted molar refractivity (Wildman–Crippen MR) is 80.1 cm³/mol. The number of fused-ring (bicyclic) bond motifs is 1. The minimum absolute atomic E-state index is 0.339. The summed E-state index contributed by atoms with van der Waals surface area (Å²) >= 11 is 1.84. The fourth-order valence-electron chi connectivity index (χ4n) is 3.23. The van der Waals surface area contributed by atoms with Gasteiger partial charge in [-0.2, -0.15) is 0 Å². The molecule has 0 amide bonds. The highest BCUT2D eigenvalue weighted by atomic mass is 32.1. The Morgan fingerprint density at radius 2 is 2.00 bits per heavy atom. The Morgan fingerprint density at radius 3 is 2.83 bits per heavy atom. The monoisotopic (exact) mass is 259 g/mol. The van der Waals surface area contributed by atoms with E-state index in [1.54, 1.807) is 0 Å². The minimum atomic E-state index is 0.339. The summed E-state index contributed by atoms with van der Waals surface area (Å²) in [5.41, 5.74) is 7.79. The van der Waals surface area contributed by atoms with Crippen molar-refractivity contribution >= 4 is 21.4 Å². The van der Waals surface area contributed by atoms with E-state index >= 15 is 0 Å². The van der Waals surface area contributed by atoms with Gasteiger partial charge in [-0.25, -0.2) is 0 Å². The molecule has 1 saturated carbocycles. The summed E-state index contributed by atoms with van der Waals surface area (Å²) in [6.07, 6.45) is 7.89. The van der Waals surface area contributed by atoms with Crippen molar-refractivity contribution in [3.8, 4) is 0 Å². The molecule has 1 fully saturated rings. The number of hydrogen-bond donors (Lipinski definition) is 1. The molecule has 96 valence electrons. The fourth-order valence-corrected chi connectivity index (χ4v) is 4.21. The van der Waals surface area contributed by atoms with E-state index in [0.29, 0.717) is 6.04 Å². The van der Waals surface area contributed by atoms with Crippen molar-refractivity contribution < 1.29 is 0 Å². The van der Waals surface area contributed by atoms with Gasteiger partial charge in [-0.1, -0.05) is 43.9 Å². The van der Waals surface area contributed by atoms with Crippen molar-refractivity contribution in [2.75, 3.05) is 0 Å². The molecular formula is C16H21NS. The van der Waals surface area contributed by atoms with Crippen molar-refractivity contribution in [3.05, 3.63) is 35.2 Å². The van der Waals surface area contributed by atoms with E-state index in [-0.39, 0.29) is 0 Å². The third-order valence-corrected chi connectivity index (χ3v) is 5.17. The van der Waals surface area contributed by atoms with Gasteiger partial charge in [0.15, 0.2) is 0 Å². The third-order valence-electron chi connectivity index (χ3n) is 4.15. The first-order chi connectivity index (χ1) is 8.83. The lowest BCUT2D eigenvalue weighted by atomic mass is 9.94. The van der Waals surface area contributed by atoms with Gasteiger partial charge >= 0.3 is 0 Å². The molecule has 1 aliphatic carbocycles. The zero-order valence-electron chi connectivity index (χ0n) is 10.8. The van der Waals surface area contributed by atoms with E-state index in [4.69, 9.17) is 5.73 Å². The van der Waals surface area contributed by atoms with E-state index in [2.05, 4.69) is 29.6 Å². The molecule has 2 aromatic rings. The van der Waals surface area contributed by atoms with Crippen LogP contribution in [0.15, 0.2) is 29.6 Å². The Kier molecular flexibility index (Phi) is 3.67. The van der Waals surface area contributed by atoms with Gasteiger partial charge in [0.1, 0.15) is 0 Å². The first-order valence-electron chi connectivity index (χ1n) is 7.03. The van der Waals surface area contributed by atoms with Crippen molar-refractivity contribution in [3.63, 3.8) is 0 Å². The van der Waals surface area contributed by atoms with Crippen LogP contribution in [0.1, 0.15) is 37.7 Å². The van der Waals surface area contributed by atoms with Crippen LogP contribution in [-0.2, 0) is 6.42 Å². The topological polar surface area (TPSA) is 26.0 Å². The average Bonchev–Trinajstić information content (AvgIpc) is 3.00. The molecule has 0 radical (unpaired) electrons. The van der Waals surface area contributed by atoms with E-state index in [1.165, 1.54) is 47.8 Å². The van der Waals surface area contributed by atoms with Gasteiger partial charge in [0.25, 0.3) is 0 Å². The van der Waals surface area contributed by atoms with E-state index < -0.39 is 0 Å². The van der Waals surface area contributed by atoms with Gasteiger partial charge in [-0.05, 0) is 41.2 Å². The van der Waals surface area contributed by atoms with Gasteiger partial charge in [0, 0.05) is 10.7 Å². The van der Waals surface area contributed by atoms with Crippen LogP contribution >= 0.6 is 11.3 Å². The quantitative estimate of drug-likeness (QED) is 0.868. The van der Waals surface area contributed by atoms with Crippen LogP contribution in [0.2, 0.25) is 0 Å². The second kappa shape index (κ2) is 5.41. The highest BCUT2D eigenvalue weighted by molar-refractivity contribution is 7.17. The molecule has 1 aromatic carbocycles. The first-order valence-corrected chi connectivity index (χ1v) is 7.91.